The van der Waals surface area contributed by atoms with E-state index in [4.69, 9.17) is 16.3 Å². The van der Waals surface area contributed by atoms with Gasteiger partial charge in [0.25, 0.3) is 0 Å². The summed E-state index contributed by atoms with van der Waals surface area (Å²) in [6, 6.07) is -0.866. The average Bonchev–Trinajstić information content (AvgIpc) is 3.37. The molecule has 11 heteroatoms. The van der Waals surface area contributed by atoms with Gasteiger partial charge in [0.05, 0.1) is 13.0 Å². The maximum atomic E-state index is 13.1. The molecule has 0 spiro atoms. The number of hydrogen-bond acceptors (Lipinski definition) is 8. The number of carbonyl (C=O) groups excluding carboxylic acids is 3. The fourth-order valence-corrected chi connectivity index (χ4v) is 5.19. The van der Waals surface area contributed by atoms with E-state index >= 15 is 0 Å². The highest BCUT2D eigenvalue weighted by Gasteiger charge is 2.41. The van der Waals surface area contributed by atoms with Gasteiger partial charge in [0.1, 0.15) is 33.4 Å². The van der Waals surface area contributed by atoms with Gasteiger partial charge in [-0.3, -0.25) is 14.6 Å². The van der Waals surface area contributed by atoms with Crippen LogP contribution in [0, 0.1) is 5.92 Å². The van der Waals surface area contributed by atoms with E-state index in [0.717, 1.165) is 5.01 Å². The van der Waals surface area contributed by atoms with Crippen LogP contribution >= 0.6 is 34.7 Å². The molecule has 2 N–H and O–H groups in total. The Morgan fingerprint density at radius 1 is 1.38 bits per heavy atom. The van der Waals surface area contributed by atoms with Crippen LogP contribution in [0.4, 0.5) is 0 Å². The number of cyclic esters (lactones) is 1. The van der Waals surface area contributed by atoms with E-state index < -0.39 is 23.7 Å². The number of aliphatic imine (C=N–C) groups is 1. The van der Waals surface area contributed by atoms with E-state index in [0.29, 0.717) is 28.8 Å². The van der Waals surface area contributed by atoms with E-state index in [-0.39, 0.29) is 30.7 Å². The van der Waals surface area contributed by atoms with Crippen molar-refractivity contribution in [2.24, 2.45) is 10.9 Å². The minimum Gasteiger partial charge on any atom is -0.456 e. The summed E-state index contributed by atoms with van der Waals surface area (Å²) in [5.41, 5.74) is -0.322. The zero-order chi connectivity index (χ0) is 23.3. The maximum absolute atomic E-state index is 13.1. The largest absolute Gasteiger partial charge is 0.456 e. The molecule has 2 aliphatic heterocycles. The Bertz CT molecular complexity index is 933. The van der Waals surface area contributed by atoms with Gasteiger partial charge in [0.15, 0.2) is 0 Å². The summed E-state index contributed by atoms with van der Waals surface area (Å²) < 4.78 is 5.63. The van der Waals surface area contributed by atoms with E-state index in [1.54, 1.807) is 19.1 Å². The zero-order valence-electron chi connectivity index (χ0n) is 18.2. The summed E-state index contributed by atoms with van der Waals surface area (Å²) in [7, 11) is 0. The van der Waals surface area contributed by atoms with Crippen molar-refractivity contribution in [3.8, 4) is 0 Å². The smallest absolute Gasteiger partial charge is 0.329 e. The molecule has 3 rings (SSSR count). The number of hydrogen-bond donors (Lipinski definition) is 2. The molecule has 0 saturated carbocycles. The second-order valence-corrected chi connectivity index (χ2v) is 10.4. The number of carbonyl (C=O) groups is 3. The van der Waals surface area contributed by atoms with Crippen molar-refractivity contribution in [3.63, 3.8) is 0 Å². The molecule has 4 bridgehead atoms. The van der Waals surface area contributed by atoms with Crippen molar-refractivity contribution in [1.29, 1.82) is 0 Å². The fraction of sp³-hybridized carbons (Fsp3) is 0.571. The molecule has 0 fully saturated rings. The number of rotatable bonds is 4. The van der Waals surface area contributed by atoms with Crippen molar-refractivity contribution < 1.29 is 19.1 Å². The molecule has 0 aromatic carbocycles. The molecular weight excluding hydrogens is 472 g/mol. The third-order valence-corrected chi connectivity index (χ3v) is 7.37. The van der Waals surface area contributed by atoms with Crippen molar-refractivity contribution >= 4 is 57.5 Å². The minimum atomic E-state index is -1.01. The zero-order valence-corrected chi connectivity index (χ0v) is 20.6. The topological polar surface area (TPSA) is 110 Å². The monoisotopic (exact) mass is 498 g/mol. The van der Waals surface area contributed by atoms with E-state index in [9.17, 15) is 14.4 Å². The number of fused-ring (bicyclic) bond motifs is 4. The second kappa shape index (κ2) is 10.8. The first-order valence-corrected chi connectivity index (χ1v) is 12.8. The van der Waals surface area contributed by atoms with Crippen molar-refractivity contribution in [3.05, 3.63) is 28.2 Å². The summed E-state index contributed by atoms with van der Waals surface area (Å²) in [6.45, 7) is 5.67. The Morgan fingerprint density at radius 2 is 2.16 bits per heavy atom. The lowest BCUT2D eigenvalue weighted by Gasteiger charge is -2.27. The summed E-state index contributed by atoms with van der Waals surface area (Å²) in [4.78, 5) is 47.7. The highest BCUT2D eigenvalue weighted by atomic mass is 35.5. The van der Waals surface area contributed by atoms with Crippen LogP contribution in [0.5, 0.6) is 0 Å². The molecule has 3 atom stereocenters. The molecule has 2 aliphatic rings. The third kappa shape index (κ3) is 6.11. The molecule has 1 aromatic rings. The average molecular weight is 499 g/mol. The highest BCUT2D eigenvalue weighted by Crippen LogP contribution is 2.32. The summed E-state index contributed by atoms with van der Waals surface area (Å²) in [5, 5.41) is 8.92. The van der Waals surface area contributed by atoms with Crippen LogP contribution in [0.25, 0.3) is 0 Å². The standard InChI is InChI=1S/C21H27ClN4O4S2/c1-12(2)17-19(28)30-13(6-4-5-7-22)8-15(27)23-9-16-24-14(10-31-16)18-26-21(3,11-32-18)20(29)25-17/h4,6,10,12-13,17H,5,7-9,11H2,1-3H3,(H,23,27)(H,25,29). The van der Waals surface area contributed by atoms with E-state index in [2.05, 4.69) is 20.6 Å². The number of ether oxygens (including phenoxy) is 1. The molecule has 32 heavy (non-hydrogen) atoms. The van der Waals surface area contributed by atoms with Crippen LogP contribution in [-0.2, 0) is 25.7 Å². The van der Waals surface area contributed by atoms with Crippen LogP contribution in [0.3, 0.4) is 0 Å². The van der Waals surface area contributed by atoms with Gasteiger partial charge in [-0.05, 0) is 25.3 Å². The number of nitrogens with zero attached hydrogens (tertiary/aromatic N) is 2. The van der Waals surface area contributed by atoms with Gasteiger partial charge >= 0.3 is 5.97 Å². The molecule has 3 unspecified atom stereocenters. The van der Waals surface area contributed by atoms with Gasteiger partial charge in [0, 0.05) is 17.0 Å². The van der Waals surface area contributed by atoms with Crippen molar-refractivity contribution in [1.82, 2.24) is 15.6 Å². The molecule has 2 amide bonds. The Balaban J connectivity index is 1.92. The van der Waals surface area contributed by atoms with Gasteiger partial charge in [-0.1, -0.05) is 19.9 Å². The first-order valence-electron chi connectivity index (χ1n) is 10.4. The number of aromatic nitrogens is 1. The first kappa shape index (κ1) is 24.7. The minimum absolute atomic E-state index is 0.0399. The SMILES string of the molecule is CC(C)C1NC(=O)C2(C)CSC(=N2)c2csc(n2)CNC(=O)CC(C=CCCCl)OC1=O. The molecule has 174 valence electrons. The number of esters is 1. The lowest BCUT2D eigenvalue weighted by atomic mass is 10.0. The number of alkyl halides is 1. The second-order valence-electron chi connectivity index (χ2n) is 8.16. The van der Waals surface area contributed by atoms with Gasteiger partial charge in [0.2, 0.25) is 11.8 Å². The summed E-state index contributed by atoms with van der Waals surface area (Å²) >= 11 is 8.60. The van der Waals surface area contributed by atoms with Gasteiger partial charge in [-0.2, -0.15) is 0 Å². The quantitative estimate of drug-likeness (QED) is 0.375. The predicted molar refractivity (Wildman–Crippen MR) is 127 cm³/mol. The number of nitrogens with one attached hydrogen (secondary N) is 2. The van der Waals surface area contributed by atoms with Crippen LogP contribution in [-0.4, -0.2) is 57.1 Å². The van der Waals surface area contributed by atoms with Crippen LogP contribution in [0.2, 0.25) is 0 Å². The summed E-state index contributed by atoms with van der Waals surface area (Å²) in [5.74, 6) is -0.553. The molecule has 3 heterocycles. The summed E-state index contributed by atoms with van der Waals surface area (Å²) in [6.07, 6.45) is 3.21. The van der Waals surface area contributed by atoms with Crippen molar-refractivity contribution in [2.45, 2.75) is 57.8 Å². The Morgan fingerprint density at radius 3 is 2.88 bits per heavy atom. The lowest BCUT2D eigenvalue weighted by molar-refractivity contribution is -0.153. The number of thiazole rings is 1. The molecule has 0 aliphatic carbocycles. The normalized spacial score (nSPS) is 27.3. The number of amides is 2. The molecule has 0 radical (unpaired) electrons. The molecule has 1 aromatic heterocycles. The first-order chi connectivity index (χ1) is 15.2. The Kier molecular flexibility index (Phi) is 8.35. The predicted octanol–water partition coefficient (Wildman–Crippen LogP) is 2.65. The fourth-order valence-electron chi connectivity index (χ4n) is 3.14. The number of halogens is 1. The van der Waals surface area contributed by atoms with Crippen LogP contribution < -0.4 is 10.6 Å². The van der Waals surface area contributed by atoms with Crippen molar-refractivity contribution in [2.75, 3.05) is 11.6 Å². The van der Waals surface area contributed by atoms with Crippen LogP contribution in [0.15, 0.2) is 22.5 Å². The van der Waals surface area contributed by atoms with Crippen LogP contribution in [0.1, 0.15) is 44.3 Å². The molecule has 0 saturated heterocycles. The number of thioether (sulfide) groups is 1. The lowest BCUT2D eigenvalue weighted by Crippen LogP contribution is -2.53. The van der Waals surface area contributed by atoms with E-state index in [1.807, 2.05) is 19.2 Å². The molecular formula is C21H27ClN4O4S2. The number of allylic oxidation sites excluding steroid dienone is 1. The third-order valence-electron chi connectivity index (χ3n) is 5.02. The molecule has 8 nitrogen and oxygen atoms in total. The Labute approximate surface area is 200 Å². The van der Waals surface area contributed by atoms with E-state index in [1.165, 1.54) is 23.1 Å². The highest BCUT2D eigenvalue weighted by molar-refractivity contribution is 8.14. The van der Waals surface area contributed by atoms with Gasteiger partial charge in [-0.15, -0.1) is 34.7 Å². The maximum Gasteiger partial charge on any atom is 0.329 e. The van der Waals surface area contributed by atoms with Gasteiger partial charge < -0.3 is 15.4 Å². The van der Waals surface area contributed by atoms with Gasteiger partial charge in [-0.25, -0.2) is 9.78 Å². The Hall–Kier alpha value is -1.91.